The van der Waals surface area contributed by atoms with Crippen LogP contribution < -0.4 is 11.4 Å². The third-order valence-electron chi connectivity index (χ3n) is 11.2. The number of aliphatic hydroxyl groups excluding tert-OH is 1. The molecule has 0 amide bonds. The maximum Gasteiger partial charge on any atom is 0.352 e. The van der Waals surface area contributed by atoms with E-state index < -0.39 is 58.4 Å². The highest BCUT2D eigenvalue weighted by atomic mass is 19.1. The Kier molecular flexibility index (Phi) is 6.35. The summed E-state index contributed by atoms with van der Waals surface area (Å²) >= 11 is 0. The van der Waals surface area contributed by atoms with Crippen LogP contribution in [0.1, 0.15) is 46.5 Å². The Labute approximate surface area is 236 Å². The zero-order chi connectivity index (χ0) is 29.5. The van der Waals surface area contributed by atoms with Crippen LogP contribution in [0.3, 0.4) is 0 Å². The van der Waals surface area contributed by atoms with Gasteiger partial charge in [-0.1, -0.05) is 45.0 Å². The zero-order valence-electron chi connectivity index (χ0n) is 23.5. The highest BCUT2D eigenvalue weighted by Gasteiger charge is 2.78. The van der Waals surface area contributed by atoms with E-state index in [9.17, 15) is 33.8 Å². The minimum absolute atomic E-state index is 0.0639. The van der Waals surface area contributed by atoms with Gasteiger partial charge in [-0.2, -0.15) is 0 Å². The fourth-order valence-corrected chi connectivity index (χ4v) is 8.84. The minimum atomic E-state index is -2.00. The molecule has 11 heteroatoms. The number of rotatable bonds is 4. The molecule has 3 aliphatic carbocycles. The molecule has 1 aromatic heterocycles. The molecule has 1 aliphatic heterocycles. The Balaban J connectivity index is 1.47. The maximum absolute atomic E-state index is 13.7. The standard InChI is InChI=1S/C30H36FN3O7/c1-17-9-11-29-14-22(35)25(37)30(29,40)28(17,3)23(41-24(36)15-31)13-21(18(29)2)19-10-12-32-26(38)34(27(39)33(32)16-19)20-7-5-4-6-8-20/h4-8,10,17-18,21-23,35,40H,9,11-16H2,1-3H3/t17-,18+,21-,22+,23-,28+,29+,30-/m1/s1. The van der Waals surface area contributed by atoms with E-state index in [2.05, 4.69) is 0 Å². The van der Waals surface area contributed by atoms with Crippen molar-refractivity contribution in [3.05, 3.63) is 62.9 Å². The average molecular weight is 570 g/mol. The van der Waals surface area contributed by atoms with Gasteiger partial charge in [-0.05, 0) is 61.1 Å². The first kappa shape index (κ1) is 27.8. The molecule has 41 heavy (non-hydrogen) atoms. The van der Waals surface area contributed by atoms with Gasteiger partial charge in [0.15, 0.2) is 12.5 Å². The van der Waals surface area contributed by atoms with E-state index in [0.717, 1.165) is 10.1 Å². The molecule has 0 unspecified atom stereocenters. The topological polar surface area (TPSA) is 133 Å². The van der Waals surface area contributed by atoms with Crippen LogP contribution in [-0.2, 0) is 27.4 Å². The van der Waals surface area contributed by atoms with Gasteiger partial charge in [-0.25, -0.2) is 32.7 Å². The highest BCUT2D eigenvalue weighted by molar-refractivity contribution is 5.96. The number of benzene rings is 1. The molecule has 0 radical (unpaired) electrons. The van der Waals surface area contributed by atoms with E-state index in [4.69, 9.17) is 4.74 Å². The number of carbonyl (C=O) groups is 2. The monoisotopic (exact) mass is 569 g/mol. The smallest absolute Gasteiger partial charge is 0.352 e. The summed E-state index contributed by atoms with van der Waals surface area (Å²) < 4.78 is 23.1. The third-order valence-corrected chi connectivity index (χ3v) is 11.2. The van der Waals surface area contributed by atoms with Crippen LogP contribution in [0.25, 0.3) is 5.69 Å². The molecular formula is C30H36FN3O7. The molecule has 4 aliphatic rings. The van der Waals surface area contributed by atoms with E-state index in [0.29, 0.717) is 18.5 Å². The summed E-state index contributed by atoms with van der Waals surface area (Å²) in [5.74, 6) is -2.79. The number of alkyl halides is 1. The molecule has 2 N–H and O–H groups in total. The highest BCUT2D eigenvalue weighted by Crippen LogP contribution is 2.70. The molecule has 2 aromatic rings. The second-order valence-electron chi connectivity index (χ2n) is 12.6. The number of ether oxygens (including phenoxy) is 1. The fourth-order valence-electron chi connectivity index (χ4n) is 8.84. The van der Waals surface area contributed by atoms with E-state index in [1.165, 1.54) is 9.36 Å². The molecule has 6 rings (SSSR count). The first-order valence-corrected chi connectivity index (χ1v) is 14.3. The summed E-state index contributed by atoms with van der Waals surface area (Å²) in [6.45, 7) is 4.43. The summed E-state index contributed by atoms with van der Waals surface area (Å²) in [4.78, 5) is 52.8. The molecule has 8 atom stereocenters. The van der Waals surface area contributed by atoms with Crippen LogP contribution in [0.15, 0.2) is 51.6 Å². The van der Waals surface area contributed by atoms with Crippen LogP contribution in [0.2, 0.25) is 0 Å². The number of nitrogens with zero attached hydrogens (tertiary/aromatic N) is 3. The average Bonchev–Trinajstić information content (AvgIpc) is 3.34. The van der Waals surface area contributed by atoms with Crippen molar-refractivity contribution in [1.82, 2.24) is 13.9 Å². The van der Waals surface area contributed by atoms with Crippen LogP contribution in [-0.4, -0.2) is 60.4 Å². The van der Waals surface area contributed by atoms with Gasteiger partial charge in [0.2, 0.25) is 0 Å². The Hall–Kier alpha value is -3.31. The number of aromatic nitrogens is 3. The number of ketones is 1. The Morgan fingerprint density at radius 2 is 1.80 bits per heavy atom. The first-order chi connectivity index (χ1) is 19.4. The summed E-state index contributed by atoms with van der Waals surface area (Å²) in [7, 11) is 0. The zero-order valence-corrected chi connectivity index (χ0v) is 23.5. The van der Waals surface area contributed by atoms with Gasteiger partial charge in [-0.15, -0.1) is 0 Å². The van der Waals surface area contributed by atoms with Gasteiger partial charge in [0.05, 0.1) is 18.8 Å². The Morgan fingerprint density at radius 1 is 1.12 bits per heavy atom. The minimum Gasteiger partial charge on any atom is -0.460 e. The van der Waals surface area contributed by atoms with Crippen LogP contribution in [0, 0.1) is 28.6 Å². The van der Waals surface area contributed by atoms with Gasteiger partial charge in [0.25, 0.3) is 0 Å². The molecule has 0 spiro atoms. The van der Waals surface area contributed by atoms with Crippen molar-refractivity contribution < 1.29 is 28.9 Å². The van der Waals surface area contributed by atoms with E-state index >= 15 is 0 Å². The number of carbonyl (C=O) groups excluding carboxylic acids is 2. The maximum atomic E-state index is 13.7. The second-order valence-corrected chi connectivity index (χ2v) is 12.6. The number of hydrogen-bond donors (Lipinski definition) is 2. The lowest BCUT2D eigenvalue weighted by molar-refractivity contribution is -0.235. The first-order valence-electron chi connectivity index (χ1n) is 14.3. The molecule has 10 nitrogen and oxygen atoms in total. The van der Waals surface area contributed by atoms with Crippen molar-refractivity contribution in [3.8, 4) is 5.69 Å². The normalized spacial score (nSPS) is 38.0. The van der Waals surface area contributed by atoms with Gasteiger partial charge in [0.1, 0.15) is 17.8 Å². The Morgan fingerprint density at radius 3 is 2.49 bits per heavy atom. The van der Waals surface area contributed by atoms with Crippen molar-refractivity contribution >= 4 is 11.8 Å². The number of fused-ring (bicyclic) bond motifs is 1. The molecule has 0 saturated heterocycles. The molecule has 1 aromatic carbocycles. The van der Waals surface area contributed by atoms with Gasteiger partial charge in [0, 0.05) is 10.8 Å². The SMILES string of the molecule is C[C@@H]1CC[C@@]23C[C@H](O)C(=O)[C@@]2(O)[C@]1(C)[C@H](OC(=O)CF)C[C@@H](C1=CCn2c(=O)n(-c4ccccc4)c(=O)n2C1)[C@@H]3C. The Bertz CT molecular complexity index is 1560. The molecule has 2 heterocycles. The lowest BCUT2D eigenvalue weighted by Crippen LogP contribution is -2.69. The van der Waals surface area contributed by atoms with Crippen molar-refractivity contribution in [2.24, 2.45) is 28.6 Å². The molecule has 3 fully saturated rings. The fraction of sp³-hybridized carbons (Fsp3) is 0.600. The lowest BCUT2D eigenvalue weighted by Gasteiger charge is -2.60. The quantitative estimate of drug-likeness (QED) is 0.424. The number of para-hydroxylation sites is 1. The van der Waals surface area contributed by atoms with Crippen molar-refractivity contribution in [2.75, 3.05) is 6.67 Å². The number of hydrogen-bond acceptors (Lipinski definition) is 7. The van der Waals surface area contributed by atoms with E-state index in [-0.39, 0.29) is 43.7 Å². The molecule has 3 saturated carbocycles. The van der Waals surface area contributed by atoms with Crippen molar-refractivity contribution in [2.45, 2.75) is 77.4 Å². The van der Waals surface area contributed by atoms with Gasteiger partial charge >= 0.3 is 17.3 Å². The molecule has 220 valence electrons. The summed E-state index contributed by atoms with van der Waals surface area (Å²) in [5.41, 5.74) is -4.00. The van der Waals surface area contributed by atoms with Crippen molar-refractivity contribution in [1.29, 1.82) is 0 Å². The van der Waals surface area contributed by atoms with E-state index in [1.54, 1.807) is 37.3 Å². The predicted octanol–water partition coefficient (Wildman–Crippen LogP) is 1.77. The number of Topliss-reactive ketones (excluding diaryl/α,β-unsaturated/α-hetero) is 1. The number of aliphatic hydroxyl groups is 2. The van der Waals surface area contributed by atoms with Crippen LogP contribution in [0.4, 0.5) is 4.39 Å². The second kappa shape index (κ2) is 9.35. The van der Waals surface area contributed by atoms with Crippen LogP contribution >= 0.6 is 0 Å². The number of allylic oxidation sites excluding steroid dienone is 2. The van der Waals surface area contributed by atoms with E-state index in [1.807, 2.05) is 19.9 Å². The van der Waals surface area contributed by atoms with Gasteiger partial charge < -0.3 is 14.9 Å². The van der Waals surface area contributed by atoms with Crippen LogP contribution in [0.5, 0.6) is 0 Å². The summed E-state index contributed by atoms with van der Waals surface area (Å²) in [5, 5.41) is 23.4. The number of halogens is 1. The number of esters is 1. The largest absolute Gasteiger partial charge is 0.460 e. The van der Waals surface area contributed by atoms with Gasteiger partial charge in [-0.3, -0.25) is 4.79 Å². The third kappa shape index (κ3) is 3.48. The molecule has 2 bridgehead atoms. The van der Waals surface area contributed by atoms with Crippen molar-refractivity contribution in [3.63, 3.8) is 0 Å². The lowest BCUT2D eigenvalue weighted by atomic mass is 9.46. The summed E-state index contributed by atoms with van der Waals surface area (Å²) in [6, 6.07) is 8.66. The predicted molar refractivity (Wildman–Crippen MR) is 145 cm³/mol. The summed E-state index contributed by atoms with van der Waals surface area (Å²) in [6.07, 6.45) is 0.848. The molecular weight excluding hydrogens is 533 g/mol.